The Morgan fingerprint density at radius 1 is 1.27 bits per heavy atom. The Morgan fingerprint density at radius 3 is 2.93 bits per heavy atom. The molecule has 0 aliphatic heterocycles. The Labute approximate surface area is 96.4 Å². The molecule has 2 aromatic rings. The van der Waals surface area contributed by atoms with Gasteiger partial charge in [0.25, 0.3) is 0 Å². The van der Waals surface area contributed by atoms with Gasteiger partial charge in [0, 0.05) is 21.7 Å². The first-order valence-electron chi connectivity index (χ1n) is 5.03. The lowest BCUT2D eigenvalue weighted by Gasteiger charge is -1.96. The zero-order valence-corrected chi connectivity index (χ0v) is 9.89. The summed E-state index contributed by atoms with van der Waals surface area (Å²) in [5.74, 6) is 0.964. The second kappa shape index (κ2) is 4.79. The van der Waals surface area contributed by atoms with Crippen LogP contribution in [0.2, 0.25) is 0 Å². The van der Waals surface area contributed by atoms with E-state index in [4.69, 9.17) is 4.42 Å². The van der Waals surface area contributed by atoms with Crippen LogP contribution in [0.5, 0.6) is 0 Å². The van der Waals surface area contributed by atoms with E-state index in [0.717, 1.165) is 33.8 Å². The predicted octanol–water partition coefficient (Wildman–Crippen LogP) is 4.49. The van der Waals surface area contributed by atoms with Crippen LogP contribution in [-0.4, -0.2) is 6.67 Å². The Kier molecular flexibility index (Phi) is 3.41. The number of benzene rings is 1. The summed E-state index contributed by atoms with van der Waals surface area (Å²) in [5.41, 5.74) is 0. The number of unbranched alkanes of at least 4 members (excludes halogenated alkanes) is 1. The summed E-state index contributed by atoms with van der Waals surface area (Å²) in [4.78, 5) is 0. The summed E-state index contributed by atoms with van der Waals surface area (Å²) in [7, 11) is 0. The highest BCUT2D eigenvalue weighted by Gasteiger charge is 2.05. The van der Waals surface area contributed by atoms with Crippen molar-refractivity contribution in [3.05, 3.63) is 34.7 Å². The molecule has 0 unspecified atom stereocenters. The van der Waals surface area contributed by atoms with Gasteiger partial charge >= 0.3 is 0 Å². The minimum atomic E-state index is -0.246. The lowest BCUT2D eigenvalue weighted by atomic mass is 10.1. The minimum absolute atomic E-state index is 0.246. The van der Waals surface area contributed by atoms with Gasteiger partial charge in [-0.3, -0.25) is 4.39 Å². The molecule has 0 radical (unpaired) electrons. The van der Waals surface area contributed by atoms with Gasteiger partial charge in [0.15, 0.2) is 0 Å². The molecule has 0 spiro atoms. The molecular formula is C12H12BrFO. The molecular weight excluding hydrogens is 259 g/mol. The fraction of sp³-hybridized carbons (Fsp3) is 0.333. The largest absolute Gasteiger partial charge is 0.468 e. The van der Waals surface area contributed by atoms with Crippen LogP contribution in [0.1, 0.15) is 18.6 Å². The van der Waals surface area contributed by atoms with Crippen LogP contribution < -0.4 is 0 Å². The third-order valence-electron chi connectivity index (χ3n) is 2.43. The summed E-state index contributed by atoms with van der Waals surface area (Å²) in [6.45, 7) is -0.246. The number of aryl methyl sites for hydroxylation is 1. The molecule has 0 bridgehead atoms. The molecule has 0 amide bonds. The van der Waals surface area contributed by atoms with E-state index in [0.29, 0.717) is 6.42 Å². The van der Waals surface area contributed by atoms with Crippen molar-refractivity contribution in [1.29, 1.82) is 0 Å². The minimum Gasteiger partial charge on any atom is -0.468 e. The van der Waals surface area contributed by atoms with Crippen molar-refractivity contribution in [1.82, 2.24) is 0 Å². The van der Waals surface area contributed by atoms with Crippen LogP contribution in [0, 0.1) is 0 Å². The van der Waals surface area contributed by atoms with Gasteiger partial charge in [-0.1, -0.05) is 15.9 Å². The fourth-order valence-corrected chi connectivity index (χ4v) is 2.04. The van der Waals surface area contributed by atoms with Gasteiger partial charge in [-0.25, -0.2) is 0 Å². The molecule has 1 aromatic heterocycles. The van der Waals surface area contributed by atoms with Gasteiger partial charge in [-0.2, -0.15) is 0 Å². The van der Waals surface area contributed by atoms with Crippen LogP contribution in [0.15, 0.2) is 33.4 Å². The second-order valence-electron chi connectivity index (χ2n) is 3.54. The summed E-state index contributed by atoms with van der Waals surface area (Å²) in [6.07, 6.45) is 4.02. The molecule has 1 heterocycles. The first-order chi connectivity index (χ1) is 7.31. The summed E-state index contributed by atoms with van der Waals surface area (Å²) < 4.78 is 18.5. The van der Waals surface area contributed by atoms with Gasteiger partial charge in [0.1, 0.15) is 5.76 Å². The van der Waals surface area contributed by atoms with E-state index in [-0.39, 0.29) is 6.67 Å². The quantitative estimate of drug-likeness (QED) is 0.747. The maximum absolute atomic E-state index is 12.0. The summed E-state index contributed by atoms with van der Waals surface area (Å²) in [5, 5.41) is 2.23. The molecule has 0 fully saturated rings. The monoisotopic (exact) mass is 270 g/mol. The van der Waals surface area contributed by atoms with Crippen molar-refractivity contribution < 1.29 is 8.81 Å². The van der Waals surface area contributed by atoms with E-state index in [9.17, 15) is 4.39 Å². The van der Waals surface area contributed by atoms with Crippen molar-refractivity contribution in [3.8, 4) is 0 Å². The zero-order valence-electron chi connectivity index (χ0n) is 8.30. The van der Waals surface area contributed by atoms with Gasteiger partial charge in [-0.15, -0.1) is 0 Å². The van der Waals surface area contributed by atoms with Gasteiger partial charge in [0.2, 0.25) is 0 Å². The highest BCUT2D eigenvalue weighted by molar-refractivity contribution is 9.10. The maximum Gasteiger partial charge on any atom is 0.111 e. The molecule has 80 valence electrons. The zero-order chi connectivity index (χ0) is 10.7. The summed E-state index contributed by atoms with van der Waals surface area (Å²) in [6, 6.07) is 6.06. The number of alkyl halides is 1. The molecule has 1 nitrogen and oxygen atoms in total. The fourth-order valence-electron chi connectivity index (χ4n) is 1.66. The van der Waals surface area contributed by atoms with Crippen molar-refractivity contribution in [2.45, 2.75) is 19.3 Å². The summed E-state index contributed by atoms with van der Waals surface area (Å²) >= 11 is 3.41. The molecule has 1 aromatic carbocycles. The van der Waals surface area contributed by atoms with E-state index >= 15 is 0 Å². The third-order valence-corrected chi connectivity index (χ3v) is 2.92. The van der Waals surface area contributed by atoms with E-state index < -0.39 is 0 Å². The van der Waals surface area contributed by atoms with Crippen LogP contribution in [0.4, 0.5) is 4.39 Å². The second-order valence-corrected chi connectivity index (χ2v) is 4.45. The van der Waals surface area contributed by atoms with Crippen LogP contribution in [0.25, 0.3) is 10.8 Å². The first-order valence-corrected chi connectivity index (χ1v) is 5.82. The predicted molar refractivity (Wildman–Crippen MR) is 62.8 cm³/mol. The topological polar surface area (TPSA) is 13.1 Å². The van der Waals surface area contributed by atoms with Crippen molar-refractivity contribution in [2.24, 2.45) is 0 Å². The van der Waals surface area contributed by atoms with E-state index in [1.165, 1.54) is 0 Å². The molecule has 0 atom stereocenters. The Bertz CT molecular complexity index is 450. The lowest BCUT2D eigenvalue weighted by Crippen LogP contribution is -1.84. The Hall–Kier alpha value is -0.830. The molecule has 0 aliphatic carbocycles. The van der Waals surface area contributed by atoms with Crippen LogP contribution in [-0.2, 0) is 6.42 Å². The molecule has 0 saturated carbocycles. The molecule has 0 saturated heterocycles. The van der Waals surface area contributed by atoms with E-state index in [2.05, 4.69) is 15.9 Å². The number of hydrogen-bond donors (Lipinski definition) is 0. The normalized spacial score (nSPS) is 11.1. The number of furan rings is 1. The van der Waals surface area contributed by atoms with E-state index in [1.807, 2.05) is 18.2 Å². The highest BCUT2D eigenvalue weighted by Crippen LogP contribution is 2.25. The van der Waals surface area contributed by atoms with Gasteiger partial charge < -0.3 is 4.42 Å². The van der Waals surface area contributed by atoms with Crippen LogP contribution >= 0.6 is 15.9 Å². The first kappa shape index (κ1) is 10.7. The number of hydrogen-bond acceptors (Lipinski definition) is 1. The molecule has 0 aliphatic rings. The van der Waals surface area contributed by atoms with Gasteiger partial charge in [-0.05, 0) is 31.0 Å². The number of rotatable bonds is 4. The molecule has 15 heavy (non-hydrogen) atoms. The average Bonchev–Trinajstić information content (AvgIpc) is 2.61. The standard InChI is InChI=1S/C12H12BrFO/c13-10-4-5-11-9(7-10)8-15-12(11)3-1-2-6-14/h4-5,7-8H,1-3,6H2. The Balaban J connectivity index is 2.21. The number of fused-ring (bicyclic) bond motifs is 1. The van der Waals surface area contributed by atoms with Crippen LogP contribution in [0.3, 0.4) is 0 Å². The lowest BCUT2D eigenvalue weighted by molar-refractivity contribution is 0.446. The van der Waals surface area contributed by atoms with Crippen molar-refractivity contribution >= 4 is 26.7 Å². The molecule has 3 heteroatoms. The smallest absolute Gasteiger partial charge is 0.111 e. The van der Waals surface area contributed by atoms with E-state index in [1.54, 1.807) is 6.26 Å². The van der Waals surface area contributed by atoms with Crippen molar-refractivity contribution in [3.63, 3.8) is 0 Å². The Morgan fingerprint density at radius 2 is 2.13 bits per heavy atom. The van der Waals surface area contributed by atoms with Crippen molar-refractivity contribution in [2.75, 3.05) is 6.67 Å². The average molecular weight is 271 g/mol. The maximum atomic E-state index is 12.0. The highest BCUT2D eigenvalue weighted by atomic mass is 79.9. The molecule has 2 rings (SSSR count). The molecule has 0 N–H and O–H groups in total. The number of halogens is 2. The van der Waals surface area contributed by atoms with Gasteiger partial charge in [0.05, 0.1) is 12.9 Å². The SMILES string of the molecule is FCCCCc1occ2cc(Br)ccc12. The third kappa shape index (κ3) is 2.40.